The zero-order valence-corrected chi connectivity index (χ0v) is 10.0. The minimum Gasteiger partial charge on any atom is -0.385 e. The molecule has 2 unspecified atom stereocenters. The summed E-state index contributed by atoms with van der Waals surface area (Å²) in [7, 11) is 0. The Morgan fingerprint density at radius 3 is 2.79 bits per heavy atom. The van der Waals surface area contributed by atoms with E-state index in [-0.39, 0.29) is 4.83 Å². The van der Waals surface area contributed by atoms with Gasteiger partial charge in [0.05, 0.1) is 10.2 Å². The second-order valence-electron chi connectivity index (χ2n) is 3.14. The lowest BCUT2D eigenvalue weighted by atomic mass is 10.3. The van der Waals surface area contributed by atoms with Crippen LogP contribution in [0.2, 0.25) is 0 Å². The lowest BCUT2D eigenvalue weighted by Gasteiger charge is -2.08. The molecule has 1 N–H and O–H groups in total. The van der Waals surface area contributed by atoms with Crippen molar-refractivity contribution < 1.29 is 5.11 Å². The van der Waals surface area contributed by atoms with Crippen molar-refractivity contribution in [3.05, 3.63) is 29.3 Å². The van der Waals surface area contributed by atoms with Crippen LogP contribution in [0.5, 0.6) is 0 Å². The standard InChI is InChI=1S/C10H10BrNOS/c1-6(11)9(13)10-12-7-4-2-3-5-8(7)14-10/h2-6,9,13H,1H3. The molecule has 1 heterocycles. The van der Waals surface area contributed by atoms with Crippen molar-refractivity contribution in [1.82, 2.24) is 4.98 Å². The highest BCUT2D eigenvalue weighted by atomic mass is 79.9. The summed E-state index contributed by atoms with van der Waals surface area (Å²) in [5, 5.41) is 10.6. The van der Waals surface area contributed by atoms with Gasteiger partial charge >= 0.3 is 0 Å². The minimum atomic E-state index is -0.521. The highest BCUT2D eigenvalue weighted by molar-refractivity contribution is 9.09. The Morgan fingerprint density at radius 2 is 2.14 bits per heavy atom. The SMILES string of the molecule is CC(Br)C(O)c1nc2ccccc2s1. The van der Waals surface area contributed by atoms with Gasteiger partial charge in [-0.1, -0.05) is 28.1 Å². The maximum Gasteiger partial charge on any atom is 0.124 e. The summed E-state index contributed by atoms with van der Waals surface area (Å²) in [5.74, 6) is 0. The van der Waals surface area contributed by atoms with Gasteiger partial charge in [-0.15, -0.1) is 11.3 Å². The lowest BCUT2D eigenvalue weighted by Crippen LogP contribution is -2.06. The number of aliphatic hydroxyl groups is 1. The summed E-state index contributed by atoms with van der Waals surface area (Å²) in [5.41, 5.74) is 0.958. The average molecular weight is 272 g/mol. The van der Waals surface area contributed by atoms with Crippen molar-refractivity contribution >= 4 is 37.5 Å². The van der Waals surface area contributed by atoms with Gasteiger partial charge in [-0.2, -0.15) is 0 Å². The molecule has 0 spiro atoms. The normalized spacial score (nSPS) is 15.6. The molecule has 0 bridgehead atoms. The lowest BCUT2D eigenvalue weighted by molar-refractivity contribution is 0.181. The smallest absolute Gasteiger partial charge is 0.124 e. The van der Waals surface area contributed by atoms with Crippen LogP contribution in [-0.4, -0.2) is 14.9 Å². The van der Waals surface area contributed by atoms with Crippen LogP contribution in [0.1, 0.15) is 18.0 Å². The van der Waals surface area contributed by atoms with Gasteiger partial charge in [0.15, 0.2) is 0 Å². The fourth-order valence-electron chi connectivity index (χ4n) is 1.21. The Bertz CT molecular complexity index is 407. The van der Waals surface area contributed by atoms with Crippen LogP contribution in [0, 0.1) is 0 Å². The third kappa shape index (κ3) is 1.82. The number of alkyl halides is 1. The van der Waals surface area contributed by atoms with Gasteiger partial charge < -0.3 is 5.11 Å². The maximum atomic E-state index is 9.80. The topological polar surface area (TPSA) is 33.1 Å². The highest BCUT2D eigenvalue weighted by Crippen LogP contribution is 2.29. The fraction of sp³-hybridized carbons (Fsp3) is 0.300. The van der Waals surface area contributed by atoms with Crippen LogP contribution < -0.4 is 0 Å². The van der Waals surface area contributed by atoms with Crippen molar-refractivity contribution in [2.75, 3.05) is 0 Å². The number of thiazole rings is 1. The van der Waals surface area contributed by atoms with Gasteiger partial charge in [0.1, 0.15) is 11.1 Å². The summed E-state index contributed by atoms with van der Waals surface area (Å²) in [6.45, 7) is 1.91. The Balaban J connectivity index is 2.45. The molecule has 74 valence electrons. The van der Waals surface area contributed by atoms with Crippen molar-refractivity contribution in [2.45, 2.75) is 17.9 Å². The van der Waals surface area contributed by atoms with Gasteiger partial charge in [0, 0.05) is 4.83 Å². The van der Waals surface area contributed by atoms with E-state index in [9.17, 15) is 5.11 Å². The number of rotatable bonds is 2. The largest absolute Gasteiger partial charge is 0.385 e. The zero-order valence-electron chi connectivity index (χ0n) is 7.64. The first kappa shape index (κ1) is 10.1. The van der Waals surface area contributed by atoms with Crippen LogP contribution in [0.15, 0.2) is 24.3 Å². The summed E-state index contributed by atoms with van der Waals surface area (Å²) >= 11 is 4.89. The van der Waals surface area contributed by atoms with E-state index in [1.807, 2.05) is 31.2 Å². The summed E-state index contributed by atoms with van der Waals surface area (Å²) < 4.78 is 1.12. The highest BCUT2D eigenvalue weighted by Gasteiger charge is 2.17. The third-order valence-corrected chi connectivity index (χ3v) is 3.61. The predicted octanol–water partition coefficient (Wildman–Crippen LogP) is 3.11. The molecule has 0 aliphatic carbocycles. The van der Waals surface area contributed by atoms with Gasteiger partial charge in [0.2, 0.25) is 0 Å². The van der Waals surface area contributed by atoms with Crippen LogP contribution in [-0.2, 0) is 0 Å². The van der Waals surface area contributed by atoms with E-state index in [0.717, 1.165) is 15.2 Å². The molecular weight excluding hydrogens is 262 g/mol. The number of fused-ring (bicyclic) bond motifs is 1. The minimum absolute atomic E-state index is 0.0306. The summed E-state index contributed by atoms with van der Waals surface area (Å²) in [6.07, 6.45) is -0.521. The summed E-state index contributed by atoms with van der Waals surface area (Å²) in [4.78, 5) is 4.40. The van der Waals surface area contributed by atoms with Crippen molar-refractivity contribution in [2.24, 2.45) is 0 Å². The molecule has 0 saturated carbocycles. The van der Waals surface area contributed by atoms with E-state index in [2.05, 4.69) is 20.9 Å². The second kappa shape index (κ2) is 3.96. The van der Waals surface area contributed by atoms with Crippen LogP contribution in [0.3, 0.4) is 0 Å². The summed E-state index contributed by atoms with van der Waals surface area (Å²) in [6, 6.07) is 7.91. The van der Waals surface area contributed by atoms with E-state index in [4.69, 9.17) is 0 Å². The molecular formula is C10H10BrNOS. The molecule has 0 saturated heterocycles. The first-order valence-corrected chi connectivity index (χ1v) is 6.09. The van der Waals surface area contributed by atoms with Crippen LogP contribution in [0.25, 0.3) is 10.2 Å². The predicted molar refractivity (Wildman–Crippen MR) is 63.0 cm³/mol. The molecule has 0 amide bonds. The molecule has 2 nitrogen and oxygen atoms in total. The van der Waals surface area contributed by atoms with Gasteiger partial charge in [-0.3, -0.25) is 0 Å². The Kier molecular flexibility index (Phi) is 2.85. The maximum absolute atomic E-state index is 9.80. The van der Waals surface area contributed by atoms with Crippen molar-refractivity contribution in [3.8, 4) is 0 Å². The van der Waals surface area contributed by atoms with E-state index in [1.165, 1.54) is 0 Å². The van der Waals surface area contributed by atoms with E-state index < -0.39 is 6.10 Å². The molecule has 4 heteroatoms. The number of aromatic nitrogens is 1. The Morgan fingerprint density at radius 1 is 1.43 bits per heavy atom. The van der Waals surface area contributed by atoms with Crippen LogP contribution in [0.4, 0.5) is 0 Å². The van der Waals surface area contributed by atoms with Crippen molar-refractivity contribution in [1.29, 1.82) is 0 Å². The molecule has 0 aliphatic rings. The monoisotopic (exact) mass is 271 g/mol. The van der Waals surface area contributed by atoms with E-state index in [1.54, 1.807) is 11.3 Å². The first-order valence-electron chi connectivity index (χ1n) is 4.36. The Labute approximate surface area is 94.7 Å². The number of hydrogen-bond acceptors (Lipinski definition) is 3. The molecule has 2 atom stereocenters. The van der Waals surface area contributed by atoms with E-state index >= 15 is 0 Å². The number of nitrogens with zero attached hydrogens (tertiary/aromatic N) is 1. The van der Waals surface area contributed by atoms with Gasteiger partial charge in [-0.05, 0) is 19.1 Å². The number of benzene rings is 1. The zero-order chi connectivity index (χ0) is 10.1. The number of hydrogen-bond donors (Lipinski definition) is 1. The average Bonchev–Trinajstić information content (AvgIpc) is 2.59. The first-order chi connectivity index (χ1) is 6.68. The Hall–Kier alpha value is -0.450. The molecule has 1 aromatic heterocycles. The number of para-hydroxylation sites is 1. The number of aliphatic hydroxyl groups excluding tert-OH is 1. The molecule has 0 aliphatic heterocycles. The van der Waals surface area contributed by atoms with E-state index in [0.29, 0.717) is 0 Å². The molecule has 2 rings (SSSR count). The quantitative estimate of drug-likeness (QED) is 0.852. The molecule has 14 heavy (non-hydrogen) atoms. The van der Waals surface area contributed by atoms with Gasteiger partial charge in [-0.25, -0.2) is 4.98 Å². The molecule has 1 aromatic carbocycles. The van der Waals surface area contributed by atoms with Crippen LogP contribution >= 0.6 is 27.3 Å². The third-order valence-electron chi connectivity index (χ3n) is 2.00. The molecule has 0 radical (unpaired) electrons. The molecule has 0 fully saturated rings. The number of halogens is 1. The van der Waals surface area contributed by atoms with Crippen molar-refractivity contribution in [3.63, 3.8) is 0 Å². The molecule has 2 aromatic rings. The fourth-order valence-corrected chi connectivity index (χ4v) is 2.70. The second-order valence-corrected chi connectivity index (χ2v) is 5.65. The van der Waals surface area contributed by atoms with Gasteiger partial charge in [0.25, 0.3) is 0 Å².